The summed E-state index contributed by atoms with van der Waals surface area (Å²) in [7, 11) is 0. The zero-order valence-corrected chi connectivity index (χ0v) is 27.8. The van der Waals surface area contributed by atoms with E-state index in [1.807, 2.05) is 0 Å². The summed E-state index contributed by atoms with van der Waals surface area (Å²) in [4.78, 5) is 10.9. The largest absolute Gasteiger partial charge is 0.278 e. The van der Waals surface area contributed by atoms with Gasteiger partial charge in [0, 0.05) is 31.8 Å². The molecule has 230 valence electrons. The first-order chi connectivity index (χ1) is 24.0. The van der Waals surface area contributed by atoms with Crippen LogP contribution in [0.2, 0.25) is 0 Å². The predicted molar refractivity (Wildman–Crippen MR) is 207 cm³/mol. The van der Waals surface area contributed by atoms with Crippen LogP contribution in [0.3, 0.4) is 0 Å². The number of fused-ring (bicyclic) bond motifs is 12. The second-order valence-electron chi connectivity index (χ2n) is 13.8. The maximum atomic E-state index is 5.47. The molecule has 0 amide bonds. The third-order valence-corrected chi connectivity index (χ3v) is 11.9. The number of para-hydroxylation sites is 1. The van der Waals surface area contributed by atoms with E-state index in [1.165, 1.54) is 59.3 Å². The summed E-state index contributed by atoms with van der Waals surface area (Å²) in [5.41, 5.74) is 10.7. The molecule has 0 atom stereocenters. The van der Waals surface area contributed by atoms with Gasteiger partial charge in [0.15, 0.2) is 0 Å². The van der Waals surface area contributed by atoms with E-state index in [0.717, 1.165) is 37.9 Å². The highest BCUT2D eigenvalue weighted by atomic mass is 32.1. The van der Waals surface area contributed by atoms with Crippen LogP contribution < -0.4 is 0 Å². The molecule has 3 aromatic heterocycles. The molecule has 4 heteroatoms. The topological polar surface area (TPSA) is 30.7 Å². The van der Waals surface area contributed by atoms with Crippen LogP contribution in [-0.2, 0) is 5.41 Å². The van der Waals surface area contributed by atoms with Crippen molar-refractivity contribution < 1.29 is 0 Å². The third kappa shape index (κ3) is 3.67. The Morgan fingerprint density at radius 2 is 1.31 bits per heavy atom. The predicted octanol–water partition coefficient (Wildman–Crippen LogP) is 12.2. The summed E-state index contributed by atoms with van der Waals surface area (Å²) < 4.78 is 4.62. The first-order valence-electron chi connectivity index (χ1n) is 16.8. The number of hydrogen-bond acceptors (Lipinski definition) is 3. The number of rotatable bonds is 2. The van der Waals surface area contributed by atoms with E-state index in [0.29, 0.717) is 5.95 Å². The van der Waals surface area contributed by atoms with Crippen molar-refractivity contribution in [2.24, 2.45) is 0 Å². The molecule has 0 aliphatic heterocycles. The Balaban J connectivity index is 1.24. The van der Waals surface area contributed by atoms with E-state index >= 15 is 0 Å². The molecular weight excluding hydrogens is 615 g/mol. The third-order valence-electron chi connectivity index (χ3n) is 10.8. The summed E-state index contributed by atoms with van der Waals surface area (Å²) in [6.45, 7) is 4.74. The fourth-order valence-corrected chi connectivity index (χ4v) is 9.66. The van der Waals surface area contributed by atoms with Crippen LogP contribution in [-0.4, -0.2) is 14.5 Å². The minimum atomic E-state index is -0.0968. The molecule has 10 aromatic rings. The van der Waals surface area contributed by atoms with Crippen LogP contribution in [0.15, 0.2) is 140 Å². The highest BCUT2D eigenvalue weighted by Gasteiger charge is 2.36. The molecule has 0 N–H and O–H groups in total. The molecule has 3 heterocycles. The van der Waals surface area contributed by atoms with Gasteiger partial charge in [-0.3, -0.25) is 4.57 Å². The first kappa shape index (κ1) is 27.1. The van der Waals surface area contributed by atoms with Gasteiger partial charge in [-0.05, 0) is 74.1 Å². The van der Waals surface area contributed by atoms with Gasteiger partial charge >= 0.3 is 0 Å². The minimum Gasteiger partial charge on any atom is -0.278 e. The van der Waals surface area contributed by atoms with E-state index in [4.69, 9.17) is 9.97 Å². The lowest BCUT2D eigenvalue weighted by molar-refractivity contribution is 0.666. The quantitative estimate of drug-likeness (QED) is 0.188. The lowest BCUT2D eigenvalue weighted by Gasteiger charge is -2.23. The molecule has 0 bridgehead atoms. The average molecular weight is 644 g/mol. The fraction of sp³-hybridized carbons (Fsp3) is 0.0667. The Hall–Kier alpha value is -5.84. The Bertz CT molecular complexity index is 3030. The molecule has 1 aliphatic rings. The van der Waals surface area contributed by atoms with Gasteiger partial charge in [0.1, 0.15) is 0 Å². The number of nitrogens with zero attached hydrogens (tertiary/aromatic N) is 3. The van der Waals surface area contributed by atoms with Crippen LogP contribution in [0.1, 0.15) is 25.0 Å². The SMILES string of the molecule is CC1(C)c2ccccc2-c2ccc3cc4c(cc3c21)c1ccccc1n4-c1nc(-c2ccc3ccccc3c2)c2sc3ccccc3c2n1. The van der Waals surface area contributed by atoms with Crippen LogP contribution in [0.25, 0.3) is 92.0 Å². The van der Waals surface area contributed by atoms with Crippen molar-refractivity contribution in [1.29, 1.82) is 0 Å². The van der Waals surface area contributed by atoms with Gasteiger partial charge in [-0.1, -0.05) is 123 Å². The minimum absolute atomic E-state index is 0.0968. The molecule has 11 rings (SSSR count). The van der Waals surface area contributed by atoms with Crippen molar-refractivity contribution in [3.05, 3.63) is 151 Å². The lowest BCUT2D eigenvalue weighted by atomic mass is 9.80. The van der Waals surface area contributed by atoms with Crippen molar-refractivity contribution in [1.82, 2.24) is 14.5 Å². The number of thiophene rings is 1. The first-order valence-corrected chi connectivity index (χ1v) is 17.7. The molecule has 0 radical (unpaired) electrons. The molecule has 3 nitrogen and oxygen atoms in total. The number of benzene rings is 7. The van der Waals surface area contributed by atoms with E-state index in [-0.39, 0.29) is 5.41 Å². The van der Waals surface area contributed by atoms with Crippen molar-refractivity contribution >= 4 is 75.0 Å². The monoisotopic (exact) mass is 643 g/mol. The second kappa shape index (κ2) is 9.62. The van der Waals surface area contributed by atoms with E-state index in [1.54, 1.807) is 11.3 Å². The molecule has 0 spiro atoms. The highest BCUT2D eigenvalue weighted by molar-refractivity contribution is 7.26. The fourth-order valence-electron chi connectivity index (χ4n) is 8.51. The van der Waals surface area contributed by atoms with Crippen molar-refractivity contribution in [2.45, 2.75) is 19.3 Å². The van der Waals surface area contributed by atoms with Gasteiger partial charge in [0.2, 0.25) is 5.95 Å². The summed E-state index contributed by atoms with van der Waals surface area (Å²) in [6.07, 6.45) is 0. The Labute approximate surface area is 286 Å². The summed E-state index contributed by atoms with van der Waals surface area (Å²) >= 11 is 1.78. The molecule has 0 saturated heterocycles. The van der Waals surface area contributed by atoms with Gasteiger partial charge in [0.25, 0.3) is 0 Å². The van der Waals surface area contributed by atoms with Crippen LogP contribution >= 0.6 is 11.3 Å². The molecule has 49 heavy (non-hydrogen) atoms. The van der Waals surface area contributed by atoms with E-state index in [2.05, 4.69) is 158 Å². The van der Waals surface area contributed by atoms with Crippen LogP contribution in [0.4, 0.5) is 0 Å². The summed E-state index contributed by atoms with van der Waals surface area (Å²) in [5.74, 6) is 0.693. The van der Waals surface area contributed by atoms with E-state index in [9.17, 15) is 0 Å². The second-order valence-corrected chi connectivity index (χ2v) is 14.9. The lowest BCUT2D eigenvalue weighted by Crippen LogP contribution is -2.15. The molecule has 0 fully saturated rings. The Morgan fingerprint density at radius 3 is 2.22 bits per heavy atom. The molecular formula is C45H29N3S. The Kier molecular flexibility index (Phi) is 5.33. The summed E-state index contributed by atoms with van der Waals surface area (Å²) in [5, 5.41) is 8.55. The maximum absolute atomic E-state index is 5.47. The smallest absolute Gasteiger partial charge is 0.235 e. The highest BCUT2D eigenvalue weighted by Crippen LogP contribution is 2.52. The van der Waals surface area contributed by atoms with Gasteiger partial charge in [-0.15, -0.1) is 11.3 Å². The van der Waals surface area contributed by atoms with Gasteiger partial charge in [-0.2, -0.15) is 0 Å². The van der Waals surface area contributed by atoms with Crippen LogP contribution in [0, 0.1) is 0 Å². The molecule has 7 aromatic carbocycles. The van der Waals surface area contributed by atoms with Crippen molar-refractivity contribution in [2.75, 3.05) is 0 Å². The van der Waals surface area contributed by atoms with Gasteiger partial charge in [0.05, 0.1) is 26.9 Å². The molecule has 0 unspecified atom stereocenters. The zero-order valence-electron chi connectivity index (χ0n) is 27.0. The summed E-state index contributed by atoms with van der Waals surface area (Å²) in [6, 6.07) is 50.8. The number of hydrogen-bond donors (Lipinski definition) is 0. The number of aromatic nitrogens is 3. The van der Waals surface area contributed by atoms with E-state index < -0.39 is 0 Å². The van der Waals surface area contributed by atoms with Gasteiger partial charge < -0.3 is 0 Å². The van der Waals surface area contributed by atoms with Crippen LogP contribution in [0.5, 0.6) is 0 Å². The average Bonchev–Trinajstić information content (AvgIpc) is 3.75. The standard InChI is InChI=1S/C45H29N3S/c1-45(2)36-16-8-5-13-30(36)32-22-21-28-24-38-35(25-34(28)40(32)45)31-14-6-9-17-37(31)48(38)44-46-41(29-20-19-26-11-3-4-12-27(26)23-29)43-42(47-44)33-15-7-10-18-39(33)49-43/h3-25H,1-2H3. The molecule has 1 aliphatic carbocycles. The van der Waals surface area contributed by atoms with Gasteiger partial charge in [-0.25, -0.2) is 9.97 Å². The Morgan fingerprint density at radius 1 is 0.551 bits per heavy atom. The maximum Gasteiger partial charge on any atom is 0.235 e. The van der Waals surface area contributed by atoms with Crippen molar-refractivity contribution in [3.63, 3.8) is 0 Å². The van der Waals surface area contributed by atoms with Crippen molar-refractivity contribution in [3.8, 4) is 28.3 Å². The zero-order chi connectivity index (χ0) is 32.4. The normalized spacial score (nSPS) is 13.7. The molecule has 0 saturated carbocycles.